The second-order valence-electron chi connectivity index (χ2n) is 4.86. The highest BCUT2D eigenvalue weighted by Gasteiger charge is 2.32. The van der Waals surface area contributed by atoms with Crippen LogP contribution in [0, 0.1) is 5.82 Å². The first-order chi connectivity index (χ1) is 10.7. The van der Waals surface area contributed by atoms with E-state index in [9.17, 15) is 9.18 Å². The van der Waals surface area contributed by atoms with Crippen LogP contribution < -0.4 is 0 Å². The van der Waals surface area contributed by atoms with Crippen LogP contribution in [-0.4, -0.2) is 18.7 Å². The molecule has 4 heteroatoms. The van der Waals surface area contributed by atoms with E-state index in [2.05, 4.69) is 9.98 Å². The molecule has 3 nitrogen and oxygen atoms in total. The van der Waals surface area contributed by atoms with E-state index >= 15 is 0 Å². The van der Waals surface area contributed by atoms with Crippen LogP contribution >= 0.6 is 0 Å². The lowest BCUT2D eigenvalue weighted by atomic mass is 9.91. The minimum absolute atomic E-state index is 0.310. The summed E-state index contributed by atoms with van der Waals surface area (Å²) in [5.41, 5.74) is 1.17. The summed E-state index contributed by atoms with van der Waals surface area (Å²) in [4.78, 5) is 19.9. The Bertz CT molecular complexity index is 743. The number of benzene rings is 2. The summed E-state index contributed by atoms with van der Waals surface area (Å²) in [6, 6.07) is 13.2. The fourth-order valence-electron chi connectivity index (χ4n) is 2.38. The smallest absolute Gasteiger partial charge is 0.201 e. The Hall–Kier alpha value is -2.88. The van der Waals surface area contributed by atoms with E-state index in [4.69, 9.17) is 0 Å². The van der Waals surface area contributed by atoms with Gasteiger partial charge in [-0.2, -0.15) is 0 Å². The molecule has 0 aromatic heterocycles. The third-order valence-electron chi connectivity index (χ3n) is 3.50. The monoisotopic (exact) mass is 292 g/mol. The quantitative estimate of drug-likeness (QED) is 0.798. The molecule has 108 valence electrons. The SMILES string of the molecule is O=Cc1ccc(C2(c3ccc(F)cc3)N=CC=CC=N2)cc1. The molecule has 0 N–H and O–H groups in total. The van der Waals surface area contributed by atoms with Crippen LogP contribution in [0.1, 0.15) is 21.5 Å². The maximum absolute atomic E-state index is 13.2. The van der Waals surface area contributed by atoms with Crippen LogP contribution in [0.2, 0.25) is 0 Å². The third kappa shape index (κ3) is 2.51. The molecule has 0 radical (unpaired) electrons. The Morgan fingerprint density at radius 2 is 1.32 bits per heavy atom. The predicted molar refractivity (Wildman–Crippen MR) is 85.1 cm³/mol. The molecule has 0 aliphatic carbocycles. The molecule has 0 fully saturated rings. The maximum Gasteiger partial charge on any atom is 0.201 e. The molecule has 1 aliphatic heterocycles. The molecule has 0 amide bonds. The Kier molecular flexibility index (Phi) is 3.74. The van der Waals surface area contributed by atoms with E-state index < -0.39 is 5.66 Å². The molecule has 0 atom stereocenters. The maximum atomic E-state index is 13.2. The van der Waals surface area contributed by atoms with Crippen molar-refractivity contribution >= 4 is 18.7 Å². The lowest BCUT2D eigenvalue weighted by Crippen LogP contribution is -2.23. The van der Waals surface area contributed by atoms with Gasteiger partial charge < -0.3 is 0 Å². The first-order valence-electron chi connectivity index (χ1n) is 6.82. The van der Waals surface area contributed by atoms with Gasteiger partial charge in [0, 0.05) is 29.1 Å². The van der Waals surface area contributed by atoms with Crippen molar-refractivity contribution in [2.45, 2.75) is 5.66 Å². The number of nitrogens with zero attached hydrogens (tertiary/aromatic N) is 2. The molecule has 22 heavy (non-hydrogen) atoms. The van der Waals surface area contributed by atoms with E-state index in [0.29, 0.717) is 5.56 Å². The fourth-order valence-corrected chi connectivity index (χ4v) is 2.38. The number of hydrogen-bond donors (Lipinski definition) is 0. The van der Waals surface area contributed by atoms with E-state index in [-0.39, 0.29) is 5.82 Å². The van der Waals surface area contributed by atoms with Crippen molar-refractivity contribution in [3.05, 3.63) is 83.2 Å². The zero-order valence-corrected chi connectivity index (χ0v) is 11.7. The number of carbonyl (C=O) groups excluding carboxylic acids is 1. The molecule has 2 aromatic rings. The standard InChI is InChI=1S/C18H13FN2O/c19-17-9-7-16(8-10-17)18(20-11-1-2-12-21-18)15-5-3-14(13-22)4-6-15/h1-13H. The molecule has 0 saturated heterocycles. The number of hydrogen-bond acceptors (Lipinski definition) is 3. The van der Waals surface area contributed by atoms with Gasteiger partial charge in [0.2, 0.25) is 5.66 Å². The highest BCUT2D eigenvalue weighted by Crippen LogP contribution is 2.36. The van der Waals surface area contributed by atoms with E-state index in [1.54, 1.807) is 48.8 Å². The van der Waals surface area contributed by atoms with Gasteiger partial charge in [0.05, 0.1) is 0 Å². The molecule has 3 rings (SSSR count). The van der Waals surface area contributed by atoms with Crippen molar-refractivity contribution in [1.29, 1.82) is 0 Å². The number of aliphatic imine (C=N–C) groups is 2. The van der Waals surface area contributed by atoms with Gasteiger partial charge in [-0.15, -0.1) is 0 Å². The lowest BCUT2D eigenvalue weighted by Gasteiger charge is -2.26. The van der Waals surface area contributed by atoms with Gasteiger partial charge in [-0.3, -0.25) is 14.8 Å². The van der Waals surface area contributed by atoms with Gasteiger partial charge in [-0.1, -0.05) is 36.4 Å². The summed E-state index contributed by atoms with van der Waals surface area (Å²) in [5.74, 6) is -0.310. The van der Waals surface area contributed by atoms with Crippen molar-refractivity contribution in [2.75, 3.05) is 0 Å². The average Bonchev–Trinajstić information content (AvgIpc) is 2.82. The van der Waals surface area contributed by atoms with Crippen LogP contribution in [0.25, 0.3) is 0 Å². The van der Waals surface area contributed by atoms with Gasteiger partial charge in [-0.25, -0.2) is 4.39 Å². The van der Waals surface area contributed by atoms with Gasteiger partial charge >= 0.3 is 0 Å². The summed E-state index contributed by atoms with van der Waals surface area (Å²) in [6.07, 6.45) is 7.70. The first kappa shape index (κ1) is 14.1. The number of rotatable bonds is 3. The second-order valence-corrected chi connectivity index (χ2v) is 4.86. The van der Waals surface area contributed by atoms with Crippen LogP contribution in [0.3, 0.4) is 0 Å². The van der Waals surface area contributed by atoms with Gasteiger partial charge in [0.15, 0.2) is 0 Å². The summed E-state index contributed by atoms with van der Waals surface area (Å²) in [5, 5.41) is 0. The summed E-state index contributed by atoms with van der Waals surface area (Å²) < 4.78 is 13.2. The molecular formula is C18H13FN2O. The minimum Gasteiger partial charge on any atom is -0.298 e. The number of halogens is 1. The number of carbonyl (C=O) groups is 1. The normalized spacial score (nSPS) is 15.5. The van der Waals surface area contributed by atoms with E-state index in [0.717, 1.165) is 17.4 Å². The summed E-state index contributed by atoms with van der Waals surface area (Å²) in [6.45, 7) is 0. The fraction of sp³-hybridized carbons (Fsp3) is 0.0556. The number of aldehydes is 1. The topological polar surface area (TPSA) is 41.8 Å². The van der Waals surface area contributed by atoms with E-state index in [1.807, 2.05) is 12.1 Å². The molecule has 2 aromatic carbocycles. The van der Waals surface area contributed by atoms with Crippen molar-refractivity contribution in [3.8, 4) is 0 Å². The molecule has 0 saturated carbocycles. The van der Waals surface area contributed by atoms with Crippen molar-refractivity contribution in [2.24, 2.45) is 9.98 Å². The molecule has 1 aliphatic rings. The second kappa shape index (κ2) is 5.85. The summed E-state index contributed by atoms with van der Waals surface area (Å²) in [7, 11) is 0. The minimum atomic E-state index is -0.974. The van der Waals surface area contributed by atoms with Gasteiger partial charge in [0.1, 0.15) is 12.1 Å². The Morgan fingerprint density at radius 3 is 1.82 bits per heavy atom. The Morgan fingerprint density at radius 1 is 0.818 bits per heavy atom. The van der Waals surface area contributed by atoms with Crippen LogP contribution in [-0.2, 0) is 5.66 Å². The Balaban J connectivity index is 2.18. The third-order valence-corrected chi connectivity index (χ3v) is 3.50. The highest BCUT2D eigenvalue weighted by atomic mass is 19.1. The molecule has 0 unspecified atom stereocenters. The highest BCUT2D eigenvalue weighted by molar-refractivity contribution is 5.84. The average molecular weight is 292 g/mol. The molecule has 1 heterocycles. The van der Waals surface area contributed by atoms with Gasteiger partial charge in [-0.05, 0) is 24.3 Å². The Labute approximate surface area is 127 Å². The largest absolute Gasteiger partial charge is 0.298 e. The van der Waals surface area contributed by atoms with Crippen LogP contribution in [0.5, 0.6) is 0 Å². The van der Waals surface area contributed by atoms with Crippen LogP contribution in [0.15, 0.2) is 70.7 Å². The number of allylic oxidation sites excluding steroid dienone is 2. The lowest BCUT2D eigenvalue weighted by molar-refractivity contribution is 0.112. The van der Waals surface area contributed by atoms with Crippen molar-refractivity contribution in [3.63, 3.8) is 0 Å². The molecule has 0 bridgehead atoms. The zero-order valence-electron chi connectivity index (χ0n) is 11.7. The van der Waals surface area contributed by atoms with Crippen molar-refractivity contribution in [1.82, 2.24) is 0 Å². The van der Waals surface area contributed by atoms with Crippen molar-refractivity contribution < 1.29 is 9.18 Å². The zero-order chi connectivity index (χ0) is 15.4. The molecule has 0 spiro atoms. The van der Waals surface area contributed by atoms with E-state index in [1.165, 1.54) is 12.1 Å². The summed E-state index contributed by atoms with van der Waals surface area (Å²) >= 11 is 0. The molecular weight excluding hydrogens is 279 g/mol. The predicted octanol–water partition coefficient (Wildman–Crippen LogP) is 3.55. The van der Waals surface area contributed by atoms with Crippen LogP contribution in [0.4, 0.5) is 4.39 Å². The van der Waals surface area contributed by atoms with Gasteiger partial charge in [0.25, 0.3) is 0 Å². The first-order valence-corrected chi connectivity index (χ1v) is 6.82.